The Morgan fingerprint density at radius 3 is 1.27 bits per heavy atom. The maximum Gasteiger partial charge on any atom is 0.0712 e. The van der Waals surface area contributed by atoms with Gasteiger partial charge in [-0.25, -0.2) is 4.98 Å². The van der Waals surface area contributed by atoms with Crippen molar-refractivity contribution in [2.45, 2.75) is 52.4 Å². The van der Waals surface area contributed by atoms with Gasteiger partial charge in [-0.3, -0.25) is 0 Å². The largest absolute Gasteiger partial charge is 0.248 e. The van der Waals surface area contributed by atoms with Gasteiger partial charge in [0, 0.05) is 11.1 Å². The van der Waals surface area contributed by atoms with E-state index in [0.717, 1.165) is 11.4 Å². The zero-order chi connectivity index (χ0) is 18.9. The molecule has 1 nitrogen and oxygen atoms in total. The maximum absolute atomic E-state index is 5.06. The van der Waals surface area contributed by atoms with Gasteiger partial charge < -0.3 is 0 Å². The molecule has 1 aromatic heterocycles. The third-order valence-corrected chi connectivity index (χ3v) is 4.77. The second-order valence-electron chi connectivity index (χ2n) is 9.00. The third-order valence-electron chi connectivity index (χ3n) is 4.77. The van der Waals surface area contributed by atoms with Crippen molar-refractivity contribution in [2.75, 3.05) is 0 Å². The molecule has 2 aromatic carbocycles. The van der Waals surface area contributed by atoms with Crippen molar-refractivity contribution in [3.05, 3.63) is 77.9 Å². The number of benzene rings is 2. The molecule has 0 saturated carbocycles. The fourth-order valence-corrected chi connectivity index (χ4v) is 3.46. The number of pyridine rings is 1. The van der Waals surface area contributed by atoms with Crippen molar-refractivity contribution >= 4 is 0 Å². The molecule has 26 heavy (non-hydrogen) atoms. The van der Waals surface area contributed by atoms with Crippen molar-refractivity contribution in [1.29, 1.82) is 0 Å². The Kier molecular flexibility index (Phi) is 4.75. The van der Waals surface area contributed by atoms with Crippen molar-refractivity contribution < 1.29 is 0 Å². The SMILES string of the molecule is CC(C)(C)c1ccccc1-c1cccc(-c2ccccc2C(C)(C)C)n1. The maximum atomic E-state index is 5.06. The van der Waals surface area contributed by atoms with E-state index in [4.69, 9.17) is 4.98 Å². The molecule has 0 aliphatic carbocycles. The summed E-state index contributed by atoms with van der Waals surface area (Å²) in [5.74, 6) is 0. The normalized spacial score (nSPS) is 12.2. The van der Waals surface area contributed by atoms with Gasteiger partial charge in [0.1, 0.15) is 0 Å². The summed E-state index contributed by atoms with van der Waals surface area (Å²) in [6.07, 6.45) is 0. The van der Waals surface area contributed by atoms with Gasteiger partial charge >= 0.3 is 0 Å². The molecule has 0 saturated heterocycles. The average Bonchev–Trinajstić information content (AvgIpc) is 2.60. The molecule has 0 aliphatic rings. The molecule has 0 amide bonds. The first-order valence-corrected chi connectivity index (χ1v) is 9.35. The summed E-state index contributed by atoms with van der Waals surface area (Å²) in [5.41, 5.74) is 7.33. The number of rotatable bonds is 2. The molecule has 0 aliphatic heterocycles. The highest BCUT2D eigenvalue weighted by Gasteiger charge is 2.21. The Labute approximate surface area is 158 Å². The highest BCUT2D eigenvalue weighted by atomic mass is 14.7. The summed E-state index contributed by atoms with van der Waals surface area (Å²) in [4.78, 5) is 5.06. The molecule has 0 fully saturated rings. The van der Waals surface area contributed by atoms with Gasteiger partial charge in [-0.15, -0.1) is 0 Å². The van der Waals surface area contributed by atoms with E-state index in [9.17, 15) is 0 Å². The minimum absolute atomic E-state index is 0.0809. The Morgan fingerprint density at radius 2 is 0.885 bits per heavy atom. The Morgan fingerprint density at radius 1 is 0.500 bits per heavy atom. The molecule has 0 unspecified atom stereocenters. The molecule has 0 radical (unpaired) electrons. The molecule has 134 valence electrons. The predicted molar refractivity (Wildman–Crippen MR) is 113 cm³/mol. The van der Waals surface area contributed by atoms with Crippen LogP contribution in [0.3, 0.4) is 0 Å². The van der Waals surface area contributed by atoms with Gasteiger partial charge in [-0.2, -0.15) is 0 Å². The molecule has 3 rings (SSSR count). The van der Waals surface area contributed by atoms with E-state index in [0.29, 0.717) is 0 Å². The zero-order valence-electron chi connectivity index (χ0n) is 16.8. The Balaban J connectivity index is 2.16. The second kappa shape index (κ2) is 6.72. The van der Waals surface area contributed by atoms with Gasteiger partial charge in [0.2, 0.25) is 0 Å². The van der Waals surface area contributed by atoms with Crippen LogP contribution in [-0.2, 0) is 10.8 Å². The van der Waals surface area contributed by atoms with Gasteiger partial charge in [0.15, 0.2) is 0 Å². The number of hydrogen-bond acceptors (Lipinski definition) is 1. The molecule has 0 spiro atoms. The summed E-state index contributed by atoms with van der Waals surface area (Å²) in [6, 6.07) is 23.6. The van der Waals surface area contributed by atoms with Gasteiger partial charge in [-0.1, -0.05) is 96.1 Å². The molecule has 1 heterocycles. The first-order valence-electron chi connectivity index (χ1n) is 9.35. The number of nitrogens with zero attached hydrogens (tertiary/aromatic N) is 1. The fourth-order valence-electron chi connectivity index (χ4n) is 3.46. The molecule has 1 heteroatoms. The molecule has 0 bridgehead atoms. The van der Waals surface area contributed by atoms with Crippen molar-refractivity contribution in [2.24, 2.45) is 0 Å². The van der Waals surface area contributed by atoms with E-state index >= 15 is 0 Å². The number of hydrogen-bond donors (Lipinski definition) is 0. The van der Waals surface area contributed by atoms with E-state index in [1.54, 1.807) is 0 Å². The smallest absolute Gasteiger partial charge is 0.0712 e. The predicted octanol–water partition coefficient (Wildman–Crippen LogP) is 7.01. The van der Waals surface area contributed by atoms with Crippen LogP contribution < -0.4 is 0 Å². The van der Waals surface area contributed by atoms with E-state index in [1.165, 1.54) is 22.3 Å². The van der Waals surface area contributed by atoms with Crippen LogP contribution in [0.25, 0.3) is 22.5 Å². The minimum Gasteiger partial charge on any atom is -0.248 e. The molecule has 0 N–H and O–H groups in total. The van der Waals surface area contributed by atoms with Crippen molar-refractivity contribution in [1.82, 2.24) is 4.98 Å². The van der Waals surface area contributed by atoms with Crippen LogP contribution in [0.1, 0.15) is 52.7 Å². The van der Waals surface area contributed by atoms with E-state index in [2.05, 4.69) is 108 Å². The average molecular weight is 344 g/mol. The topological polar surface area (TPSA) is 12.9 Å². The summed E-state index contributed by atoms with van der Waals surface area (Å²) in [6.45, 7) is 13.5. The molecule has 0 atom stereocenters. The van der Waals surface area contributed by atoms with Gasteiger partial charge in [0.25, 0.3) is 0 Å². The molecular formula is C25H29N. The Hall–Kier alpha value is -2.41. The van der Waals surface area contributed by atoms with Crippen LogP contribution in [-0.4, -0.2) is 4.98 Å². The van der Waals surface area contributed by atoms with Crippen molar-refractivity contribution in [3.63, 3.8) is 0 Å². The lowest BCUT2D eigenvalue weighted by molar-refractivity contribution is 0.591. The molecular weight excluding hydrogens is 314 g/mol. The van der Waals surface area contributed by atoms with Crippen LogP contribution in [0.4, 0.5) is 0 Å². The highest BCUT2D eigenvalue weighted by molar-refractivity contribution is 5.71. The van der Waals surface area contributed by atoms with Crippen LogP contribution in [0, 0.1) is 0 Å². The van der Waals surface area contributed by atoms with E-state index < -0.39 is 0 Å². The lowest BCUT2D eigenvalue weighted by Gasteiger charge is -2.24. The minimum atomic E-state index is 0.0809. The molecule has 3 aromatic rings. The van der Waals surface area contributed by atoms with E-state index in [1.807, 2.05) is 0 Å². The first kappa shape index (κ1) is 18.4. The number of aromatic nitrogens is 1. The quantitative estimate of drug-likeness (QED) is 0.487. The van der Waals surface area contributed by atoms with Crippen LogP contribution in [0.2, 0.25) is 0 Å². The van der Waals surface area contributed by atoms with E-state index in [-0.39, 0.29) is 10.8 Å². The lowest BCUT2D eigenvalue weighted by atomic mass is 9.82. The van der Waals surface area contributed by atoms with Crippen molar-refractivity contribution in [3.8, 4) is 22.5 Å². The third kappa shape index (κ3) is 3.72. The first-order chi connectivity index (χ1) is 12.2. The Bertz CT molecular complexity index is 835. The zero-order valence-corrected chi connectivity index (χ0v) is 16.8. The summed E-state index contributed by atoms with van der Waals surface area (Å²) < 4.78 is 0. The lowest BCUT2D eigenvalue weighted by Crippen LogP contribution is -2.13. The monoisotopic (exact) mass is 343 g/mol. The standard InChI is InChI=1S/C25H29N/c1-24(2,3)20-14-9-7-12-18(20)22-16-11-17-23(26-22)19-13-8-10-15-21(19)25(4,5)6/h7-17H,1-6H3. The van der Waals surface area contributed by atoms with Gasteiger partial charge in [0.05, 0.1) is 11.4 Å². The summed E-state index contributed by atoms with van der Waals surface area (Å²) >= 11 is 0. The van der Waals surface area contributed by atoms with Crippen LogP contribution in [0.15, 0.2) is 66.7 Å². The van der Waals surface area contributed by atoms with Crippen LogP contribution in [0.5, 0.6) is 0 Å². The summed E-state index contributed by atoms with van der Waals surface area (Å²) in [5, 5.41) is 0. The fraction of sp³-hybridized carbons (Fsp3) is 0.320. The second-order valence-corrected chi connectivity index (χ2v) is 9.00. The van der Waals surface area contributed by atoms with Gasteiger partial charge in [-0.05, 0) is 34.1 Å². The summed E-state index contributed by atoms with van der Waals surface area (Å²) in [7, 11) is 0. The van der Waals surface area contributed by atoms with Crippen LogP contribution >= 0.6 is 0 Å². The highest BCUT2D eigenvalue weighted by Crippen LogP contribution is 2.35.